The van der Waals surface area contributed by atoms with Crippen LogP contribution in [0.1, 0.15) is 59.7 Å². The minimum atomic E-state index is -1.75. The first kappa shape index (κ1) is 25.8. The van der Waals surface area contributed by atoms with Gasteiger partial charge in [0, 0.05) is 34.2 Å². The third kappa shape index (κ3) is 3.38. The van der Waals surface area contributed by atoms with Gasteiger partial charge in [-0.05, 0) is 41.5 Å². The van der Waals surface area contributed by atoms with Gasteiger partial charge >= 0.3 is 0 Å². The summed E-state index contributed by atoms with van der Waals surface area (Å²) in [4.78, 5) is 44.2. The summed E-state index contributed by atoms with van der Waals surface area (Å²) in [7, 11) is 3.02. The Morgan fingerprint density at radius 3 is 2.17 bits per heavy atom. The quantitative estimate of drug-likeness (QED) is 0.232. The van der Waals surface area contributed by atoms with E-state index in [1.807, 2.05) is 24.3 Å². The maximum absolute atomic E-state index is 14.8. The monoisotopic (exact) mass is 560 g/mol. The SMILES string of the molecule is COc1ccc([C@@H]2[C@@H](C(=O)c3ccc(F)cc3)N3N=Cc4ccccc4C3C23C(=O)c2ccccc2C3=O)c(OC)c1. The first-order valence-corrected chi connectivity index (χ1v) is 13.5. The van der Waals surface area contributed by atoms with Crippen LogP contribution in [-0.2, 0) is 0 Å². The van der Waals surface area contributed by atoms with Gasteiger partial charge in [0.15, 0.2) is 17.3 Å². The summed E-state index contributed by atoms with van der Waals surface area (Å²) in [6.07, 6.45) is 1.65. The topological polar surface area (TPSA) is 85.3 Å². The normalized spacial score (nSPS) is 21.2. The maximum Gasteiger partial charge on any atom is 0.187 e. The zero-order valence-electron chi connectivity index (χ0n) is 22.8. The van der Waals surface area contributed by atoms with Crippen LogP contribution in [0, 0.1) is 11.2 Å². The Morgan fingerprint density at radius 2 is 1.50 bits per heavy atom. The van der Waals surface area contributed by atoms with Crippen LogP contribution in [-0.4, -0.2) is 48.8 Å². The number of fused-ring (bicyclic) bond motifs is 5. The highest BCUT2D eigenvalue weighted by Crippen LogP contribution is 2.65. The lowest BCUT2D eigenvalue weighted by atomic mass is 9.62. The zero-order valence-corrected chi connectivity index (χ0v) is 22.8. The van der Waals surface area contributed by atoms with Crippen LogP contribution < -0.4 is 9.47 Å². The molecule has 1 unspecified atom stereocenters. The van der Waals surface area contributed by atoms with Crippen molar-refractivity contribution in [1.29, 1.82) is 0 Å². The lowest BCUT2D eigenvalue weighted by molar-refractivity contribution is 0.0585. The summed E-state index contributed by atoms with van der Waals surface area (Å²) in [5.41, 5.74) is 1.07. The number of ketones is 3. The minimum absolute atomic E-state index is 0.235. The Balaban J connectivity index is 1.57. The van der Waals surface area contributed by atoms with E-state index in [1.54, 1.807) is 53.7 Å². The average molecular weight is 561 g/mol. The molecule has 0 N–H and O–H groups in total. The van der Waals surface area contributed by atoms with Gasteiger partial charge in [-0.3, -0.25) is 19.4 Å². The Labute approximate surface area is 241 Å². The fourth-order valence-corrected chi connectivity index (χ4v) is 6.98. The molecule has 7 nitrogen and oxygen atoms in total. The van der Waals surface area contributed by atoms with Crippen molar-refractivity contribution in [2.45, 2.75) is 18.0 Å². The number of hydrogen-bond donors (Lipinski definition) is 0. The number of carbonyl (C=O) groups excluding carboxylic acids is 3. The van der Waals surface area contributed by atoms with E-state index in [0.29, 0.717) is 33.8 Å². The van der Waals surface area contributed by atoms with Gasteiger partial charge in [-0.2, -0.15) is 5.10 Å². The predicted molar refractivity (Wildman–Crippen MR) is 153 cm³/mol. The summed E-state index contributed by atoms with van der Waals surface area (Å²) in [5.74, 6) is -1.77. The fourth-order valence-electron chi connectivity index (χ4n) is 6.98. The van der Waals surface area contributed by atoms with Gasteiger partial charge in [0.2, 0.25) is 0 Å². The number of hydrazone groups is 1. The summed E-state index contributed by atoms with van der Waals surface area (Å²) < 4.78 is 25.1. The summed E-state index contributed by atoms with van der Waals surface area (Å²) >= 11 is 0. The molecular formula is C34H25FN2O5. The Bertz CT molecular complexity index is 1780. The molecule has 1 fully saturated rings. The van der Waals surface area contributed by atoms with Crippen molar-refractivity contribution in [3.05, 3.63) is 130 Å². The number of rotatable bonds is 5. The van der Waals surface area contributed by atoms with Crippen LogP contribution >= 0.6 is 0 Å². The molecule has 1 spiro atoms. The molecule has 2 heterocycles. The first-order chi connectivity index (χ1) is 20.4. The highest BCUT2D eigenvalue weighted by Gasteiger charge is 2.73. The number of ether oxygens (including phenoxy) is 2. The second-order valence-corrected chi connectivity index (χ2v) is 10.6. The lowest BCUT2D eigenvalue weighted by Gasteiger charge is -2.36. The van der Waals surface area contributed by atoms with Crippen LogP contribution in [0.15, 0.2) is 96.1 Å². The van der Waals surface area contributed by atoms with Crippen molar-refractivity contribution in [3.8, 4) is 11.5 Å². The van der Waals surface area contributed by atoms with Gasteiger partial charge < -0.3 is 9.47 Å². The Hall–Kier alpha value is -5.11. The summed E-state index contributed by atoms with van der Waals surface area (Å²) in [6, 6.07) is 22.6. The smallest absolute Gasteiger partial charge is 0.187 e. The van der Waals surface area contributed by atoms with Crippen LogP contribution in [0.4, 0.5) is 4.39 Å². The van der Waals surface area contributed by atoms with Crippen molar-refractivity contribution in [2.75, 3.05) is 14.2 Å². The Morgan fingerprint density at radius 1 is 0.833 bits per heavy atom. The molecule has 3 atom stereocenters. The van der Waals surface area contributed by atoms with Crippen molar-refractivity contribution in [3.63, 3.8) is 0 Å². The van der Waals surface area contributed by atoms with Crippen molar-refractivity contribution >= 4 is 23.6 Å². The standard InChI is InChI=1S/C34H25FN2O5/c1-41-22-15-16-26(27(17-22)42-2)28-29(30(38)19-11-13-21(35)14-12-19)37-31(23-8-4-3-7-20(23)18-36-37)34(28)32(39)24-9-5-6-10-25(24)33(34)40/h3-18,28-29,31H,1-2H3/t28-,29+,31?/m1/s1. The molecule has 2 aliphatic heterocycles. The summed E-state index contributed by atoms with van der Waals surface area (Å²) in [5, 5.41) is 6.34. The molecule has 1 aliphatic carbocycles. The molecular weight excluding hydrogens is 535 g/mol. The minimum Gasteiger partial charge on any atom is -0.497 e. The van der Waals surface area contributed by atoms with E-state index in [4.69, 9.17) is 14.6 Å². The second-order valence-electron chi connectivity index (χ2n) is 10.6. The van der Waals surface area contributed by atoms with E-state index in [9.17, 15) is 18.8 Å². The molecule has 0 saturated carbocycles. The van der Waals surface area contributed by atoms with Crippen LogP contribution in [0.25, 0.3) is 0 Å². The molecule has 1 saturated heterocycles. The van der Waals surface area contributed by atoms with Gasteiger partial charge in [-0.25, -0.2) is 4.39 Å². The van der Waals surface area contributed by atoms with E-state index in [0.717, 1.165) is 5.56 Å². The molecule has 7 rings (SSSR count). The third-order valence-electron chi connectivity index (χ3n) is 8.75. The zero-order chi connectivity index (χ0) is 29.2. The van der Waals surface area contributed by atoms with E-state index in [2.05, 4.69) is 0 Å². The number of methoxy groups -OCH3 is 2. The number of hydrogen-bond acceptors (Lipinski definition) is 7. The number of carbonyl (C=O) groups is 3. The predicted octanol–water partition coefficient (Wildman–Crippen LogP) is 5.65. The molecule has 0 aromatic heterocycles. The van der Waals surface area contributed by atoms with Crippen molar-refractivity contribution in [1.82, 2.24) is 5.01 Å². The van der Waals surface area contributed by atoms with E-state index in [-0.39, 0.29) is 17.1 Å². The van der Waals surface area contributed by atoms with Crippen LogP contribution in [0.3, 0.4) is 0 Å². The number of Topliss-reactive ketones (excluding diaryl/α,β-unsaturated/α-hetero) is 3. The fraction of sp³-hybridized carbons (Fsp3) is 0.176. The van der Waals surface area contributed by atoms with E-state index < -0.39 is 35.0 Å². The molecule has 208 valence electrons. The molecule has 4 aromatic rings. The third-order valence-corrected chi connectivity index (χ3v) is 8.75. The van der Waals surface area contributed by atoms with Crippen molar-refractivity contribution < 1.29 is 28.2 Å². The van der Waals surface area contributed by atoms with Crippen LogP contribution in [0.2, 0.25) is 0 Å². The molecule has 0 bridgehead atoms. The molecule has 4 aromatic carbocycles. The number of nitrogens with zero attached hydrogens (tertiary/aromatic N) is 2. The van der Waals surface area contributed by atoms with Gasteiger partial charge in [0.05, 0.1) is 26.5 Å². The van der Waals surface area contributed by atoms with Crippen LogP contribution in [0.5, 0.6) is 11.5 Å². The van der Waals surface area contributed by atoms with E-state index in [1.165, 1.54) is 38.5 Å². The van der Waals surface area contributed by atoms with Gasteiger partial charge in [-0.15, -0.1) is 0 Å². The molecule has 3 aliphatic rings. The van der Waals surface area contributed by atoms with Gasteiger partial charge in [-0.1, -0.05) is 54.6 Å². The second kappa shape index (κ2) is 9.48. The first-order valence-electron chi connectivity index (χ1n) is 13.5. The van der Waals surface area contributed by atoms with Crippen molar-refractivity contribution in [2.24, 2.45) is 10.5 Å². The Kier molecular flexibility index (Phi) is 5.83. The largest absolute Gasteiger partial charge is 0.497 e. The number of halogens is 1. The highest BCUT2D eigenvalue weighted by atomic mass is 19.1. The van der Waals surface area contributed by atoms with E-state index >= 15 is 0 Å². The average Bonchev–Trinajstić information content (AvgIpc) is 3.46. The molecule has 42 heavy (non-hydrogen) atoms. The van der Waals surface area contributed by atoms with Gasteiger partial charge in [0.25, 0.3) is 0 Å². The summed E-state index contributed by atoms with van der Waals surface area (Å²) in [6.45, 7) is 0. The molecule has 0 radical (unpaired) electrons. The maximum atomic E-state index is 14.8. The lowest BCUT2D eigenvalue weighted by Crippen LogP contribution is -2.44. The highest BCUT2D eigenvalue weighted by molar-refractivity contribution is 6.31. The molecule has 8 heteroatoms. The number of benzene rings is 4. The molecule has 0 amide bonds. The van der Waals surface area contributed by atoms with Gasteiger partial charge in [0.1, 0.15) is 28.8 Å².